The molecule has 25 heavy (non-hydrogen) atoms. The van der Waals surface area contributed by atoms with Gasteiger partial charge in [0.15, 0.2) is 5.13 Å². The zero-order valence-corrected chi connectivity index (χ0v) is 17.4. The van der Waals surface area contributed by atoms with Gasteiger partial charge in [-0.3, -0.25) is 9.59 Å². The molecule has 1 aliphatic rings. The third-order valence-corrected chi connectivity index (χ3v) is 4.89. The van der Waals surface area contributed by atoms with E-state index in [1.54, 1.807) is 0 Å². The number of likely N-dealkylation sites (tertiary alicyclic amines) is 1. The number of nitrogens with two attached hydrogens (primary N) is 1. The summed E-state index contributed by atoms with van der Waals surface area (Å²) < 4.78 is 0. The third kappa shape index (κ3) is 7.09. The lowest BCUT2D eigenvalue weighted by Gasteiger charge is -2.31. The summed E-state index contributed by atoms with van der Waals surface area (Å²) in [5.74, 6) is 0.561. The van der Waals surface area contributed by atoms with Crippen LogP contribution in [-0.4, -0.2) is 41.3 Å². The number of amides is 2. The number of carbonyl (C=O) groups is 2. The lowest BCUT2D eigenvalue weighted by molar-refractivity contribution is -0.131. The van der Waals surface area contributed by atoms with Gasteiger partial charge in [0.2, 0.25) is 11.8 Å². The van der Waals surface area contributed by atoms with Gasteiger partial charge in [-0.1, -0.05) is 20.8 Å². The number of anilines is 1. The lowest BCUT2D eigenvalue weighted by Crippen LogP contribution is -2.40. The van der Waals surface area contributed by atoms with Gasteiger partial charge < -0.3 is 16.0 Å². The minimum absolute atomic E-state index is 0. The molecule has 1 aromatic rings. The first-order chi connectivity index (χ1) is 10.8. The molecule has 0 radical (unpaired) electrons. The van der Waals surface area contributed by atoms with E-state index in [0.717, 1.165) is 25.9 Å². The Kier molecular flexibility index (Phi) is 9.94. The fourth-order valence-corrected chi connectivity index (χ4v) is 3.12. The molecule has 0 spiro atoms. The molecule has 1 aromatic heterocycles. The predicted molar refractivity (Wildman–Crippen MR) is 107 cm³/mol. The van der Waals surface area contributed by atoms with Crippen molar-refractivity contribution in [1.29, 1.82) is 0 Å². The molecule has 2 amide bonds. The molecule has 1 aliphatic heterocycles. The first-order valence-corrected chi connectivity index (χ1v) is 8.91. The van der Waals surface area contributed by atoms with E-state index in [4.69, 9.17) is 5.73 Å². The zero-order valence-electron chi connectivity index (χ0n) is 14.9. The summed E-state index contributed by atoms with van der Waals surface area (Å²) in [5, 5.41) is 5.18. The maximum Gasteiger partial charge on any atom is 0.231 e. The van der Waals surface area contributed by atoms with Crippen molar-refractivity contribution in [3.8, 4) is 0 Å². The fraction of sp³-hybridized carbons (Fsp3) is 0.688. The zero-order chi connectivity index (χ0) is 17.0. The topological polar surface area (TPSA) is 88.3 Å². The van der Waals surface area contributed by atoms with Crippen molar-refractivity contribution in [1.82, 2.24) is 9.88 Å². The molecule has 144 valence electrons. The van der Waals surface area contributed by atoms with Crippen molar-refractivity contribution in [3.63, 3.8) is 0 Å². The van der Waals surface area contributed by atoms with E-state index >= 15 is 0 Å². The quantitative estimate of drug-likeness (QED) is 0.798. The minimum atomic E-state index is -0.463. The molecule has 2 rings (SSSR count). The molecule has 0 bridgehead atoms. The lowest BCUT2D eigenvalue weighted by atomic mass is 9.96. The molecular formula is C16H28Cl2N4O2S. The van der Waals surface area contributed by atoms with Crippen LogP contribution in [0.3, 0.4) is 0 Å². The number of rotatable bonds is 4. The predicted octanol–water partition coefficient (Wildman–Crippen LogP) is 2.71. The van der Waals surface area contributed by atoms with Gasteiger partial charge in [-0.2, -0.15) is 0 Å². The number of aromatic nitrogens is 1. The molecule has 0 atom stereocenters. The number of thiazole rings is 1. The average molecular weight is 411 g/mol. The van der Waals surface area contributed by atoms with Crippen LogP contribution in [0.25, 0.3) is 0 Å². The molecular weight excluding hydrogens is 383 g/mol. The highest BCUT2D eigenvalue weighted by Crippen LogP contribution is 2.22. The van der Waals surface area contributed by atoms with Crippen molar-refractivity contribution in [2.24, 2.45) is 17.1 Å². The van der Waals surface area contributed by atoms with Gasteiger partial charge in [0.25, 0.3) is 0 Å². The van der Waals surface area contributed by atoms with Gasteiger partial charge >= 0.3 is 0 Å². The Balaban J connectivity index is 0.00000288. The van der Waals surface area contributed by atoms with Gasteiger partial charge in [-0.05, 0) is 25.3 Å². The largest absolute Gasteiger partial charge is 0.342 e. The minimum Gasteiger partial charge on any atom is -0.342 e. The van der Waals surface area contributed by atoms with Gasteiger partial charge in [-0.25, -0.2) is 4.98 Å². The second-order valence-corrected chi connectivity index (χ2v) is 7.94. The van der Waals surface area contributed by atoms with Crippen LogP contribution in [-0.2, 0) is 16.0 Å². The number of hydrogen-bond donors (Lipinski definition) is 2. The Labute approximate surface area is 165 Å². The second-order valence-electron chi connectivity index (χ2n) is 7.08. The SMILES string of the molecule is CC(C)(C)C(=O)Nc1nc(CC(=O)N2CCC(CN)CC2)cs1.Cl.Cl. The third-order valence-electron chi connectivity index (χ3n) is 4.09. The number of halogens is 2. The monoisotopic (exact) mass is 410 g/mol. The second kappa shape index (κ2) is 10.3. The summed E-state index contributed by atoms with van der Waals surface area (Å²) in [6.07, 6.45) is 2.24. The van der Waals surface area contributed by atoms with Crippen LogP contribution >= 0.6 is 36.2 Å². The van der Waals surface area contributed by atoms with Crippen LogP contribution in [0.1, 0.15) is 39.3 Å². The van der Waals surface area contributed by atoms with E-state index in [9.17, 15) is 9.59 Å². The van der Waals surface area contributed by atoms with Crippen molar-refractivity contribution in [3.05, 3.63) is 11.1 Å². The molecule has 6 nitrogen and oxygen atoms in total. The number of nitrogens with one attached hydrogen (secondary N) is 1. The molecule has 0 aromatic carbocycles. The standard InChI is InChI=1S/C16H26N4O2S.2ClH/c1-16(2,3)14(22)19-15-18-12(10-23-15)8-13(21)20-6-4-11(9-17)5-7-20;;/h10-11H,4-9,17H2,1-3H3,(H,18,19,22);2*1H. The van der Waals surface area contributed by atoms with Crippen molar-refractivity contribution in [2.75, 3.05) is 25.0 Å². The molecule has 1 saturated heterocycles. The Hall–Kier alpha value is -0.890. The number of nitrogens with zero attached hydrogens (tertiary/aromatic N) is 2. The Bertz CT molecular complexity index is 567. The van der Waals surface area contributed by atoms with Crippen LogP contribution in [0.4, 0.5) is 5.13 Å². The van der Waals surface area contributed by atoms with Gasteiger partial charge in [-0.15, -0.1) is 36.2 Å². The van der Waals surface area contributed by atoms with Crippen molar-refractivity contribution < 1.29 is 9.59 Å². The first kappa shape index (κ1) is 24.1. The van der Waals surface area contributed by atoms with Gasteiger partial charge in [0.05, 0.1) is 12.1 Å². The Morgan fingerprint density at radius 3 is 2.44 bits per heavy atom. The Morgan fingerprint density at radius 1 is 1.32 bits per heavy atom. The van der Waals surface area contributed by atoms with E-state index in [2.05, 4.69) is 10.3 Å². The fourth-order valence-electron chi connectivity index (χ4n) is 2.42. The summed E-state index contributed by atoms with van der Waals surface area (Å²) in [6, 6.07) is 0. The summed E-state index contributed by atoms with van der Waals surface area (Å²) in [4.78, 5) is 30.5. The van der Waals surface area contributed by atoms with E-state index in [1.807, 2.05) is 31.1 Å². The smallest absolute Gasteiger partial charge is 0.231 e. The highest BCUT2D eigenvalue weighted by Gasteiger charge is 2.24. The van der Waals surface area contributed by atoms with E-state index < -0.39 is 5.41 Å². The normalized spacial score (nSPS) is 15.1. The highest BCUT2D eigenvalue weighted by molar-refractivity contribution is 7.13. The van der Waals surface area contributed by atoms with Crippen molar-refractivity contribution >= 4 is 53.1 Å². The van der Waals surface area contributed by atoms with Gasteiger partial charge in [0.1, 0.15) is 0 Å². The van der Waals surface area contributed by atoms with E-state index in [1.165, 1.54) is 11.3 Å². The molecule has 1 fully saturated rings. The molecule has 0 saturated carbocycles. The van der Waals surface area contributed by atoms with Crippen LogP contribution in [0.5, 0.6) is 0 Å². The average Bonchev–Trinajstić information content (AvgIpc) is 2.93. The van der Waals surface area contributed by atoms with Gasteiger partial charge in [0, 0.05) is 23.9 Å². The van der Waals surface area contributed by atoms with Crippen LogP contribution in [0.2, 0.25) is 0 Å². The molecule has 0 unspecified atom stereocenters. The van der Waals surface area contributed by atoms with E-state index in [0.29, 0.717) is 23.3 Å². The Morgan fingerprint density at radius 2 is 1.92 bits per heavy atom. The number of hydrogen-bond acceptors (Lipinski definition) is 5. The maximum absolute atomic E-state index is 12.3. The summed E-state index contributed by atoms with van der Waals surface area (Å²) in [5.41, 5.74) is 5.92. The van der Waals surface area contributed by atoms with Crippen LogP contribution in [0.15, 0.2) is 5.38 Å². The summed E-state index contributed by atoms with van der Waals surface area (Å²) >= 11 is 1.36. The van der Waals surface area contributed by atoms with Crippen LogP contribution < -0.4 is 11.1 Å². The summed E-state index contributed by atoms with van der Waals surface area (Å²) in [6.45, 7) is 7.81. The van der Waals surface area contributed by atoms with Crippen molar-refractivity contribution in [2.45, 2.75) is 40.0 Å². The van der Waals surface area contributed by atoms with E-state index in [-0.39, 0.29) is 43.0 Å². The number of carbonyl (C=O) groups excluding carboxylic acids is 2. The summed E-state index contributed by atoms with van der Waals surface area (Å²) in [7, 11) is 0. The molecule has 3 N–H and O–H groups in total. The highest BCUT2D eigenvalue weighted by atomic mass is 35.5. The maximum atomic E-state index is 12.3. The number of piperidine rings is 1. The molecule has 9 heteroatoms. The molecule has 2 heterocycles. The molecule has 0 aliphatic carbocycles. The first-order valence-electron chi connectivity index (χ1n) is 8.03. The van der Waals surface area contributed by atoms with Crippen LogP contribution in [0, 0.1) is 11.3 Å².